The molecular weight excluding hydrogens is 1430 g/mol. The minimum Gasteiger partial charge on any atom is -0.462 e. The van der Waals surface area contributed by atoms with Gasteiger partial charge in [0.15, 0.2) is 12.2 Å². The molecule has 0 aliphatic carbocycles. The summed E-state index contributed by atoms with van der Waals surface area (Å²) in [7, 11) is -10.0. The normalized spacial score (nSPS) is 14.8. The van der Waals surface area contributed by atoms with E-state index in [1.165, 1.54) is 19.3 Å². The Labute approximate surface area is 666 Å². The highest BCUT2D eigenvalue weighted by molar-refractivity contribution is 7.47. The van der Waals surface area contributed by atoms with Gasteiger partial charge in [-0.15, -0.1) is 0 Å². The van der Waals surface area contributed by atoms with Crippen LogP contribution in [0.3, 0.4) is 0 Å². The summed E-state index contributed by atoms with van der Waals surface area (Å²) < 4.78 is 68.7. The maximum absolute atomic E-state index is 13.1. The van der Waals surface area contributed by atoms with Gasteiger partial charge in [-0.3, -0.25) is 37.3 Å². The summed E-state index contributed by atoms with van der Waals surface area (Å²) in [5.41, 5.74) is 0. The van der Waals surface area contributed by atoms with Crippen LogP contribution in [0, 0.1) is 0 Å². The third-order valence-electron chi connectivity index (χ3n) is 16.5. The Morgan fingerprint density at radius 2 is 0.482 bits per heavy atom. The number of rotatable bonds is 76. The summed E-state index contributed by atoms with van der Waals surface area (Å²) in [5, 5.41) is 10.7. The van der Waals surface area contributed by atoms with E-state index in [-0.39, 0.29) is 25.7 Å². The number of hydrogen-bond acceptors (Lipinski definition) is 15. The van der Waals surface area contributed by atoms with E-state index >= 15 is 0 Å². The van der Waals surface area contributed by atoms with Crippen LogP contribution in [0.1, 0.15) is 297 Å². The molecule has 0 rings (SSSR count). The zero-order valence-corrected chi connectivity index (χ0v) is 69.9. The number of unbranched alkanes of at least 4 members (excludes halogenated alkanes) is 18. The van der Waals surface area contributed by atoms with Crippen LogP contribution < -0.4 is 0 Å². The zero-order valence-electron chi connectivity index (χ0n) is 68.1. The third-order valence-corrected chi connectivity index (χ3v) is 18.4. The van der Waals surface area contributed by atoms with Gasteiger partial charge in [0, 0.05) is 25.7 Å². The van der Waals surface area contributed by atoms with Crippen molar-refractivity contribution >= 4 is 39.5 Å². The molecule has 0 spiro atoms. The van der Waals surface area contributed by atoms with Crippen LogP contribution in [0.15, 0.2) is 194 Å². The predicted octanol–water partition coefficient (Wildman–Crippen LogP) is 24.9. The summed E-state index contributed by atoms with van der Waals surface area (Å²) in [6.07, 6.45) is 99.7. The van der Waals surface area contributed by atoms with Crippen LogP contribution in [0.4, 0.5) is 0 Å². The van der Waals surface area contributed by atoms with Gasteiger partial charge in [-0.1, -0.05) is 286 Å². The quantitative estimate of drug-likeness (QED) is 0.0169. The highest BCUT2D eigenvalue weighted by atomic mass is 31.2. The first-order valence-corrected chi connectivity index (χ1v) is 44.7. The molecule has 0 heterocycles. The molecular formula is C91H146O17P2. The Balaban J connectivity index is 5.51. The van der Waals surface area contributed by atoms with Crippen molar-refractivity contribution < 1.29 is 80.2 Å². The Kier molecular flexibility index (Phi) is 76.4. The lowest BCUT2D eigenvalue weighted by Gasteiger charge is -2.21. The number of ether oxygens (including phenoxy) is 4. The fourth-order valence-electron chi connectivity index (χ4n) is 10.3. The highest BCUT2D eigenvalue weighted by Crippen LogP contribution is 2.45. The summed E-state index contributed by atoms with van der Waals surface area (Å²) in [4.78, 5) is 73.2. The topological polar surface area (TPSA) is 237 Å². The highest BCUT2D eigenvalue weighted by Gasteiger charge is 2.30. The number of hydrogen-bond donors (Lipinski definition) is 3. The number of aliphatic hydroxyl groups is 1. The molecule has 0 saturated carbocycles. The molecule has 17 nitrogen and oxygen atoms in total. The molecule has 3 N–H and O–H groups in total. The first-order valence-electron chi connectivity index (χ1n) is 41.7. The second kappa shape index (κ2) is 80.9. The number of allylic oxidation sites excluding steroid dienone is 32. The second-order valence-electron chi connectivity index (χ2n) is 26.9. The Hall–Kier alpha value is -6.10. The smallest absolute Gasteiger partial charge is 0.462 e. The molecule has 0 aromatic carbocycles. The van der Waals surface area contributed by atoms with Crippen molar-refractivity contribution in [3.05, 3.63) is 194 Å². The first-order chi connectivity index (χ1) is 53.7. The summed E-state index contributed by atoms with van der Waals surface area (Å²) >= 11 is 0. The molecule has 0 aromatic heterocycles. The maximum Gasteiger partial charge on any atom is 0.472 e. The molecule has 0 radical (unpaired) electrons. The van der Waals surface area contributed by atoms with E-state index in [0.717, 1.165) is 193 Å². The van der Waals surface area contributed by atoms with Gasteiger partial charge < -0.3 is 33.8 Å². The molecule has 0 aromatic rings. The summed E-state index contributed by atoms with van der Waals surface area (Å²) in [5.74, 6) is -2.33. The molecule has 0 saturated heterocycles. The number of carbonyl (C=O) groups excluding carboxylic acids is 4. The van der Waals surface area contributed by atoms with Gasteiger partial charge in [-0.25, -0.2) is 9.13 Å². The lowest BCUT2D eigenvalue weighted by atomic mass is 10.1. The van der Waals surface area contributed by atoms with E-state index in [2.05, 4.69) is 210 Å². The lowest BCUT2D eigenvalue weighted by Crippen LogP contribution is -2.30. The van der Waals surface area contributed by atoms with Crippen LogP contribution in [-0.4, -0.2) is 96.7 Å². The van der Waals surface area contributed by atoms with Gasteiger partial charge in [0.05, 0.1) is 26.4 Å². The molecule has 110 heavy (non-hydrogen) atoms. The monoisotopic (exact) mass is 1570 g/mol. The fourth-order valence-corrected chi connectivity index (χ4v) is 11.9. The van der Waals surface area contributed by atoms with Gasteiger partial charge in [0.2, 0.25) is 0 Å². The van der Waals surface area contributed by atoms with Crippen molar-refractivity contribution in [1.82, 2.24) is 0 Å². The van der Waals surface area contributed by atoms with Crippen molar-refractivity contribution in [2.24, 2.45) is 0 Å². The molecule has 0 aliphatic rings. The van der Waals surface area contributed by atoms with Crippen LogP contribution in [-0.2, 0) is 65.4 Å². The molecule has 19 heteroatoms. The molecule has 0 aliphatic heterocycles. The van der Waals surface area contributed by atoms with Gasteiger partial charge in [-0.2, -0.15) is 0 Å². The number of esters is 4. The first kappa shape index (κ1) is 104. The van der Waals surface area contributed by atoms with Crippen LogP contribution >= 0.6 is 15.6 Å². The minimum atomic E-state index is -5.01. The minimum absolute atomic E-state index is 0.0588. The van der Waals surface area contributed by atoms with Crippen LogP contribution in [0.2, 0.25) is 0 Å². The van der Waals surface area contributed by atoms with Gasteiger partial charge in [0.25, 0.3) is 0 Å². The number of phosphoric acid groups is 2. The average molecular weight is 1570 g/mol. The lowest BCUT2D eigenvalue weighted by molar-refractivity contribution is -0.161. The molecule has 0 fully saturated rings. The molecule has 5 unspecified atom stereocenters. The number of aliphatic hydroxyl groups excluding tert-OH is 1. The van der Waals surface area contributed by atoms with Crippen LogP contribution in [0.25, 0.3) is 0 Å². The van der Waals surface area contributed by atoms with E-state index in [0.29, 0.717) is 32.1 Å². The summed E-state index contributed by atoms with van der Waals surface area (Å²) in [6.45, 7) is 4.36. The van der Waals surface area contributed by atoms with Gasteiger partial charge in [0.1, 0.15) is 19.3 Å². The van der Waals surface area contributed by atoms with Gasteiger partial charge >= 0.3 is 39.5 Å². The molecule has 0 amide bonds. The third kappa shape index (κ3) is 80.0. The zero-order chi connectivity index (χ0) is 80.3. The van der Waals surface area contributed by atoms with E-state index in [4.69, 9.17) is 37.0 Å². The number of phosphoric ester groups is 2. The second-order valence-corrected chi connectivity index (χ2v) is 29.8. The Bertz CT molecular complexity index is 2850. The maximum atomic E-state index is 13.1. The predicted molar refractivity (Wildman–Crippen MR) is 454 cm³/mol. The molecule has 622 valence electrons. The van der Waals surface area contributed by atoms with Crippen molar-refractivity contribution in [2.75, 3.05) is 39.6 Å². The van der Waals surface area contributed by atoms with E-state index in [1.807, 2.05) is 12.2 Å². The number of carbonyl (C=O) groups is 4. The molecule has 5 atom stereocenters. The van der Waals surface area contributed by atoms with Crippen molar-refractivity contribution in [3.8, 4) is 0 Å². The van der Waals surface area contributed by atoms with E-state index in [9.17, 15) is 43.2 Å². The largest absolute Gasteiger partial charge is 0.472 e. The van der Waals surface area contributed by atoms with Crippen molar-refractivity contribution in [3.63, 3.8) is 0 Å². The van der Waals surface area contributed by atoms with Crippen LogP contribution in [0.5, 0.6) is 0 Å². The average Bonchev–Trinajstić information content (AvgIpc) is 0.900. The van der Waals surface area contributed by atoms with Gasteiger partial charge in [-0.05, 0) is 180 Å². The fraction of sp³-hybridized carbons (Fsp3) is 0.604. The SMILES string of the molecule is CC/C=C\C/C=C\C/C=C\C/C=C\C/C=C\CCCCCC(=O)OCC(COP(=O)(O)OCC(O)COP(=O)(O)OCC(COC(=O)CCC/C=C\C/C=C\C/C=C\C/C=C\C/C=C\CC)OC(=O)CCCCCCC/C=C\C/C=C\CCCCC)OC(=O)CCCCCCCC/C=C\C/C=C\C/C=C\C/C=C\CC. The standard InChI is InChI=1S/C91H146O17P2/c1-5-9-13-17-21-25-29-33-37-40-42-45-49-52-56-60-64-68-72-76-89(94)102-82-87(108-91(96)78-74-70-66-62-58-54-50-46-43-41-38-34-30-26-22-18-14-10-6-2)84-106-110(99,100)104-80-85(92)79-103-109(97,98)105-83-86(107-90(95)77-73-69-65-61-57-53-47-36-32-28-24-20-16-12-8-4)81-101-88(93)75-71-67-63-59-55-51-48-44-39-35-31-27-23-19-15-11-7-3/h9-11,13-15,21-28,33-39,42-43,45-48,51-52,56,59,63,85-87,92H,5-8,12,16-20,29-32,40-41,44,49-50,53-55,57-58,60-62,64-84H2,1-4H3,(H,97,98)(H,99,100)/b13-9-,14-10-,15-11-,25-21-,26-22-,27-23-,28-24-,37-33-,38-34-,39-35-,45-42-,46-43-,47-36-,51-48-,56-52-,63-59-. The Morgan fingerprint density at radius 3 is 0.773 bits per heavy atom. The van der Waals surface area contributed by atoms with E-state index in [1.54, 1.807) is 0 Å². The Morgan fingerprint density at radius 1 is 0.264 bits per heavy atom. The summed E-state index contributed by atoms with van der Waals surface area (Å²) in [6, 6.07) is 0. The van der Waals surface area contributed by atoms with Crippen molar-refractivity contribution in [2.45, 2.75) is 316 Å². The van der Waals surface area contributed by atoms with E-state index < -0.39 is 97.5 Å². The van der Waals surface area contributed by atoms with Crippen molar-refractivity contribution in [1.29, 1.82) is 0 Å². The molecule has 0 bridgehead atoms.